The minimum atomic E-state index is -1.03. The molecule has 4 N–H and O–H groups in total. The van der Waals surface area contributed by atoms with Crippen molar-refractivity contribution < 1.29 is 9.90 Å². The molecule has 29 heavy (non-hydrogen) atoms. The number of carbonyl (C=O) groups excluding carboxylic acids is 1. The molecular weight excluding hydrogens is 479 g/mol. The summed E-state index contributed by atoms with van der Waals surface area (Å²) in [5.74, 6) is 0.577. The molecule has 2 aromatic carbocycles. The monoisotopic (exact) mass is 510 g/mol. The molecule has 0 saturated heterocycles. The van der Waals surface area contributed by atoms with E-state index in [0.717, 1.165) is 18.5 Å². The van der Waals surface area contributed by atoms with Crippen molar-refractivity contribution >= 4 is 35.8 Å². The first-order valence-electron chi connectivity index (χ1n) is 9.66. The summed E-state index contributed by atoms with van der Waals surface area (Å²) < 4.78 is 0. The number of aliphatic hydroxyl groups is 1. The maximum atomic E-state index is 12.0. The minimum Gasteiger partial charge on any atom is -0.384 e. The van der Waals surface area contributed by atoms with Crippen LogP contribution in [-0.2, 0) is 5.60 Å². The van der Waals surface area contributed by atoms with Crippen molar-refractivity contribution in [1.29, 1.82) is 0 Å². The molecule has 1 atom stereocenters. The van der Waals surface area contributed by atoms with Crippen LogP contribution in [-0.4, -0.2) is 43.2 Å². The number of benzene rings is 2. The molecule has 0 aliphatic heterocycles. The number of halogens is 1. The largest absolute Gasteiger partial charge is 0.384 e. The Balaban J connectivity index is 0.00000420. The molecular formula is C22H31IN4O2. The van der Waals surface area contributed by atoms with Crippen LogP contribution in [0.3, 0.4) is 0 Å². The van der Waals surface area contributed by atoms with E-state index in [2.05, 4.69) is 20.9 Å². The van der Waals surface area contributed by atoms with E-state index in [4.69, 9.17) is 0 Å². The summed E-state index contributed by atoms with van der Waals surface area (Å²) in [4.78, 5) is 16.5. The van der Waals surface area contributed by atoms with Gasteiger partial charge in [-0.05, 0) is 38.0 Å². The van der Waals surface area contributed by atoms with Crippen LogP contribution in [0.15, 0.2) is 65.7 Å². The Kier molecular flexibility index (Phi) is 11.3. The quantitative estimate of drug-likeness (QED) is 0.181. The van der Waals surface area contributed by atoms with E-state index in [1.165, 1.54) is 0 Å². The molecule has 1 amide bonds. The zero-order valence-corrected chi connectivity index (χ0v) is 19.4. The standard InChI is InChI=1S/C22H30N4O2.HI/c1-3-23-21(26-17-22(2,28)19-13-8-5-9-14-19)25-16-10-15-24-20(27)18-11-6-4-7-12-18;/h4-9,11-14,28H,3,10,15-17H2,1-2H3,(H,24,27)(H2,23,25,26);1H. The second-order valence-corrected chi connectivity index (χ2v) is 6.74. The second-order valence-electron chi connectivity index (χ2n) is 6.74. The fourth-order valence-electron chi connectivity index (χ4n) is 2.65. The van der Waals surface area contributed by atoms with Crippen LogP contribution in [0.5, 0.6) is 0 Å². The van der Waals surface area contributed by atoms with E-state index < -0.39 is 5.60 Å². The molecule has 1 unspecified atom stereocenters. The van der Waals surface area contributed by atoms with Gasteiger partial charge in [-0.3, -0.25) is 4.79 Å². The van der Waals surface area contributed by atoms with Gasteiger partial charge in [-0.2, -0.15) is 0 Å². The molecule has 6 nitrogen and oxygen atoms in total. The van der Waals surface area contributed by atoms with Crippen LogP contribution >= 0.6 is 24.0 Å². The molecule has 158 valence electrons. The first-order valence-corrected chi connectivity index (χ1v) is 9.66. The third-order valence-corrected chi connectivity index (χ3v) is 4.25. The number of hydrogen-bond acceptors (Lipinski definition) is 3. The van der Waals surface area contributed by atoms with E-state index in [0.29, 0.717) is 24.6 Å². The Bertz CT molecular complexity index is 752. The highest BCUT2D eigenvalue weighted by Crippen LogP contribution is 2.20. The average molecular weight is 510 g/mol. The average Bonchev–Trinajstić information content (AvgIpc) is 2.73. The Morgan fingerprint density at radius 1 is 0.966 bits per heavy atom. The highest BCUT2D eigenvalue weighted by molar-refractivity contribution is 14.0. The molecule has 2 rings (SSSR count). The van der Waals surface area contributed by atoms with Crippen molar-refractivity contribution in [3.63, 3.8) is 0 Å². The van der Waals surface area contributed by atoms with Gasteiger partial charge in [-0.1, -0.05) is 48.5 Å². The number of nitrogens with one attached hydrogen (secondary N) is 3. The third-order valence-electron chi connectivity index (χ3n) is 4.25. The Morgan fingerprint density at radius 2 is 1.55 bits per heavy atom. The molecule has 2 aromatic rings. The normalized spacial score (nSPS) is 13.0. The van der Waals surface area contributed by atoms with Crippen molar-refractivity contribution in [2.24, 2.45) is 4.99 Å². The lowest BCUT2D eigenvalue weighted by atomic mass is 9.96. The van der Waals surface area contributed by atoms with Crippen LogP contribution in [0.4, 0.5) is 0 Å². The summed E-state index contributed by atoms with van der Waals surface area (Å²) in [5.41, 5.74) is 0.458. The lowest BCUT2D eigenvalue weighted by molar-refractivity contribution is 0.0672. The van der Waals surface area contributed by atoms with Crippen LogP contribution < -0.4 is 16.0 Å². The van der Waals surface area contributed by atoms with E-state index in [1.54, 1.807) is 19.1 Å². The summed E-state index contributed by atoms with van der Waals surface area (Å²) in [6, 6.07) is 18.7. The molecule has 7 heteroatoms. The smallest absolute Gasteiger partial charge is 0.251 e. The molecule has 0 bridgehead atoms. The summed E-state index contributed by atoms with van der Waals surface area (Å²) >= 11 is 0. The van der Waals surface area contributed by atoms with Gasteiger partial charge in [0, 0.05) is 25.2 Å². The highest BCUT2D eigenvalue weighted by atomic mass is 127. The maximum Gasteiger partial charge on any atom is 0.251 e. The SMILES string of the molecule is CCNC(=NCC(C)(O)c1ccccc1)NCCCNC(=O)c1ccccc1.I. The van der Waals surface area contributed by atoms with Crippen molar-refractivity contribution in [2.45, 2.75) is 25.9 Å². The van der Waals surface area contributed by atoms with Crippen molar-refractivity contribution in [2.75, 3.05) is 26.2 Å². The van der Waals surface area contributed by atoms with Crippen molar-refractivity contribution in [1.82, 2.24) is 16.0 Å². The molecule has 0 spiro atoms. The Hall–Kier alpha value is -2.13. The van der Waals surface area contributed by atoms with Crippen LogP contribution in [0.1, 0.15) is 36.2 Å². The van der Waals surface area contributed by atoms with Gasteiger partial charge >= 0.3 is 0 Å². The summed E-state index contributed by atoms with van der Waals surface area (Å²) in [6.45, 7) is 5.96. The van der Waals surface area contributed by atoms with E-state index >= 15 is 0 Å². The number of nitrogens with zero attached hydrogens (tertiary/aromatic N) is 1. The molecule has 0 aliphatic carbocycles. The van der Waals surface area contributed by atoms with Gasteiger partial charge in [0.25, 0.3) is 5.91 Å². The van der Waals surface area contributed by atoms with Gasteiger partial charge in [0.2, 0.25) is 0 Å². The van der Waals surface area contributed by atoms with Gasteiger partial charge in [0.05, 0.1) is 6.54 Å². The number of hydrogen-bond donors (Lipinski definition) is 4. The fourth-order valence-corrected chi connectivity index (χ4v) is 2.65. The lowest BCUT2D eigenvalue weighted by Gasteiger charge is -2.22. The molecule has 0 radical (unpaired) electrons. The highest BCUT2D eigenvalue weighted by Gasteiger charge is 2.22. The predicted molar refractivity (Wildman–Crippen MR) is 129 cm³/mol. The van der Waals surface area contributed by atoms with E-state index in [-0.39, 0.29) is 36.4 Å². The molecule has 0 saturated carbocycles. The van der Waals surface area contributed by atoms with Crippen LogP contribution in [0, 0.1) is 0 Å². The topological polar surface area (TPSA) is 85.8 Å². The zero-order chi connectivity index (χ0) is 20.2. The molecule has 0 aliphatic rings. The number of aliphatic imine (C=N–C) groups is 1. The molecule has 0 aromatic heterocycles. The molecule has 0 heterocycles. The lowest BCUT2D eigenvalue weighted by Crippen LogP contribution is -2.40. The Morgan fingerprint density at radius 3 is 2.17 bits per heavy atom. The van der Waals surface area contributed by atoms with E-state index in [1.807, 2.05) is 55.5 Å². The first-order chi connectivity index (χ1) is 13.5. The second kappa shape index (κ2) is 13.2. The van der Waals surface area contributed by atoms with Crippen LogP contribution in [0.2, 0.25) is 0 Å². The fraction of sp³-hybridized carbons (Fsp3) is 0.364. The number of guanidine groups is 1. The van der Waals surface area contributed by atoms with Crippen LogP contribution in [0.25, 0.3) is 0 Å². The number of carbonyl (C=O) groups is 1. The van der Waals surface area contributed by atoms with Gasteiger partial charge in [0.1, 0.15) is 5.60 Å². The minimum absolute atomic E-state index is 0. The number of amides is 1. The number of rotatable bonds is 9. The third kappa shape index (κ3) is 8.82. The zero-order valence-electron chi connectivity index (χ0n) is 17.0. The first kappa shape index (κ1) is 24.9. The summed E-state index contributed by atoms with van der Waals surface area (Å²) in [7, 11) is 0. The summed E-state index contributed by atoms with van der Waals surface area (Å²) in [5, 5.41) is 20.0. The van der Waals surface area contributed by atoms with Gasteiger partial charge in [-0.15, -0.1) is 24.0 Å². The van der Waals surface area contributed by atoms with Gasteiger partial charge < -0.3 is 21.1 Å². The van der Waals surface area contributed by atoms with Gasteiger partial charge in [0.15, 0.2) is 5.96 Å². The maximum absolute atomic E-state index is 12.0. The van der Waals surface area contributed by atoms with Crippen molar-refractivity contribution in [3.05, 3.63) is 71.8 Å². The Labute approximate surface area is 190 Å². The van der Waals surface area contributed by atoms with Crippen molar-refractivity contribution in [3.8, 4) is 0 Å². The predicted octanol–water partition coefficient (Wildman–Crippen LogP) is 2.89. The summed E-state index contributed by atoms with van der Waals surface area (Å²) in [6.07, 6.45) is 0.762. The van der Waals surface area contributed by atoms with E-state index in [9.17, 15) is 9.90 Å². The van der Waals surface area contributed by atoms with Gasteiger partial charge in [-0.25, -0.2) is 4.99 Å². The molecule has 0 fully saturated rings.